The summed E-state index contributed by atoms with van der Waals surface area (Å²) in [6, 6.07) is 14.0. The van der Waals surface area contributed by atoms with Crippen molar-refractivity contribution >= 4 is 17.7 Å². The van der Waals surface area contributed by atoms with E-state index in [1.807, 2.05) is 30.3 Å². The second-order valence-electron chi connectivity index (χ2n) is 5.28. The van der Waals surface area contributed by atoms with Gasteiger partial charge in [0.1, 0.15) is 17.4 Å². The highest BCUT2D eigenvalue weighted by Gasteiger charge is 2.17. The van der Waals surface area contributed by atoms with Crippen LogP contribution in [-0.2, 0) is 4.79 Å². The fraction of sp³-hybridized carbons (Fsp3) is 0.111. The van der Waals surface area contributed by atoms with Crippen molar-refractivity contribution in [2.45, 2.75) is 13.0 Å². The molecule has 2 aromatic rings. The maximum absolute atomic E-state index is 12.3. The molecule has 2 N–H and O–H groups in total. The highest BCUT2D eigenvalue weighted by atomic mass is 16.6. The molecule has 7 heteroatoms. The molecule has 0 saturated heterocycles. The quantitative estimate of drug-likeness (QED) is 0.376. The van der Waals surface area contributed by atoms with Crippen LogP contribution in [0, 0.1) is 21.4 Å². The molecular weight excluding hydrogens is 322 g/mol. The molecule has 0 heterocycles. The topological polar surface area (TPSA) is 116 Å². The Morgan fingerprint density at radius 2 is 2.00 bits per heavy atom. The smallest absolute Gasteiger partial charge is 0.276 e. The standard InChI is InChI=1S/C18H15N3O4/c1-12(13-5-3-2-4-6-13)20-18(23)15(11-19)9-14-10-16(22)7-8-17(14)21(24)25/h2-10,12,22H,1H3,(H,20,23)/b15-9-/t12-/m1/s1. The number of nitro groups is 1. The molecule has 2 rings (SSSR count). The third kappa shape index (κ3) is 4.42. The van der Waals surface area contributed by atoms with E-state index < -0.39 is 10.8 Å². The van der Waals surface area contributed by atoms with E-state index in [9.17, 15) is 25.3 Å². The van der Waals surface area contributed by atoms with E-state index in [1.54, 1.807) is 13.0 Å². The summed E-state index contributed by atoms with van der Waals surface area (Å²) < 4.78 is 0. The number of carbonyl (C=O) groups excluding carboxylic acids is 1. The molecule has 2 aromatic carbocycles. The molecule has 0 aliphatic heterocycles. The number of benzene rings is 2. The summed E-state index contributed by atoms with van der Waals surface area (Å²) in [6.45, 7) is 1.76. The summed E-state index contributed by atoms with van der Waals surface area (Å²) in [5.41, 5.74) is 0.228. The average molecular weight is 337 g/mol. The van der Waals surface area contributed by atoms with Gasteiger partial charge in [0.25, 0.3) is 11.6 Å². The zero-order valence-electron chi connectivity index (χ0n) is 13.3. The van der Waals surface area contributed by atoms with Gasteiger partial charge in [0.05, 0.1) is 16.5 Å². The van der Waals surface area contributed by atoms with Gasteiger partial charge in [-0.3, -0.25) is 14.9 Å². The van der Waals surface area contributed by atoms with Crippen LogP contribution in [0.5, 0.6) is 5.75 Å². The van der Waals surface area contributed by atoms with Crippen LogP contribution in [0.1, 0.15) is 24.1 Å². The summed E-state index contributed by atoms with van der Waals surface area (Å²) in [7, 11) is 0. The lowest BCUT2D eigenvalue weighted by Crippen LogP contribution is -2.27. The Bertz CT molecular complexity index is 870. The van der Waals surface area contributed by atoms with E-state index in [0.717, 1.165) is 23.8 Å². The fourth-order valence-corrected chi connectivity index (χ4v) is 2.23. The van der Waals surface area contributed by atoms with E-state index in [1.165, 1.54) is 6.07 Å². The van der Waals surface area contributed by atoms with Crippen molar-refractivity contribution in [1.29, 1.82) is 5.26 Å². The summed E-state index contributed by atoms with van der Waals surface area (Å²) in [5.74, 6) is -0.858. The van der Waals surface area contributed by atoms with E-state index in [-0.39, 0.29) is 28.6 Å². The van der Waals surface area contributed by atoms with Crippen LogP contribution >= 0.6 is 0 Å². The number of nitro benzene ring substituents is 1. The molecule has 25 heavy (non-hydrogen) atoms. The molecule has 126 valence electrons. The third-order valence-electron chi connectivity index (χ3n) is 3.52. The van der Waals surface area contributed by atoms with E-state index in [4.69, 9.17) is 0 Å². The van der Waals surface area contributed by atoms with Crippen molar-refractivity contribution in [3.05, 3.63) is 75.3 Å². The van der Waals surface area contributed by atoms with Crippen molar-refractivity contribution in [1.82, 2.24) is 5.32 Å². The number of phenolic OH excluding ortho intramolecular Hbond substituents is 1. The predicted octanol–water partition coefficient (Wildman–Crippen LogP) is 3.08. The van der Waals surface area contributed by atoms with E-state index in [2.05, 4.69) is 5.32 Å². The highest BCUT2D eigenvalue weighted by molar-refractivity contribution is 6.02. The van der Waals surface area contributed by atoms with E-state index in [0.29, 0.717) is 0 Å². The molecule has 1 atom stereocenters. The Balaban J connectivity index is 2.29. The molecule has 0 aromatic heterocycles. The molecule has 0 aliphatic carbocycles. The summed E-state index contributed by atoms with van der Waals surface area (Å²) in [4.78, 5) is 22.7. The second-order valence-corrected chi connectivity index (χ2v) is 5.28. The summed E-state index contributed by atoms with van der Waals surface area (Å²) in [6.07, 6.45) is 1.09. The Labute approximate surface area is 144 Å². The van der Waals surface area contributed by atoms with Gasteiger partial charge >= 0.3 is 0 Å². The molecule has 0 bridgehead atoms. The highest BCUT2D eigenvalue weighted by Crippen LogP contribution is 2.25. The minimum absolute atomic E-state index is 0.0240. The lowest BCUT2D eigenvalue weighted by Gasteiger charge is -2.13. The molecule has 7 nitrogen and oxygen atoms in total. The maximum Gasteiger partial charge on any atom is 0.276 e. The Kier molecular flexibility index (Phi) is 5.48. The Hall–Kier alpha value is -3.66. The van der Waals surface area contributed by atoms with Crippen LogP contribution in [0.15, 0.2) is 54.1 Å². The zero-order valence-corrected chi connectivity index (χ0v) is 13.3. The lowest BCUT2D eigenvalue weighted by atomic mass is 10.1. The predicted molar refractivity (Wildman–Crippen MR) is 91.4 cm³/mol. The lowest BCUT2D eigenvalue weighted by molar-refractivity contribution is -0.385. The first-order valence-electron chi connectivity index (χ1n) is 7.37. The van der Waals surface area contributed by atoms with Gasteiger partial charge in [0.15, 0.2) is 0 Å². The van der Waals surface area contributed by atoms with Gasteiger partial charge in [-0.05, 0) is 30.7 Å². The number of hydrogen-bond donors (Lipinski definition) is 2. The molecular formula is C18H15N3O4. The number of rotatable bonds is 5. The first kappa shape index (κ1) is 17.7. The zero-order chi connectivity index (χ0) is 18.4. The largest absolute Gasteiger partial charge is 0.508 e. The van der Waals surface area contributed by atoms with Gasteiger partial charge < -0.3 is 10.4 Å². The maximum atomic E-state index is 12.3. The number of phenols is 1. The van der Waals surface area contributed by atoms with Crippen LogP contribution < -0.4 is 5.32 Å². The van der Waals surface area contributed by atoms with Crippen LogP contribution in [0.4, 0.5) is 5.69 Å². The van der Waals surface area contributed by atoms with Crippen molar-refractivity contribution in [3.63, 3.8) is 0 Å². The molecule has 1 amide bonds. The number of carbonyl (C=O) groups is 1. The number of nitrogens with zero attached hydrogens (tertiary/aromatic N) is 2. The number of amides is 1. The normalized spacial score (nSPS) is 12.1. The molecule has 0 unspecified atom stereocenters. The Morgan fingerprint density at radius 1 is 1.32 bits per heavy atom. The van der Waals surface area contributed by atoms with Gasteiger partial charge in [0.2, 0.25) is 0 Å². The Morgan fingerprint density at radius 3 is 2.60 bits per heavy atom. The summed E-state index contributed by atoms with van der Waals surface area (Å²) in [5, 5.41) is 32.4. The minimum Gasteiger partial charge on any atom is -0.508 e. The molecule has 0 saturated carbocycles. The number of nitrogens with one attached hydrogen (secondary N) is 1. The summed E-state index contributed by atoms with van der Waals surface area (Å²) >= 11 is 0. The number of hydrogen-bond acceptors (Lipinski definition) is 5. The van der Waals surface area contributed by atoms with Crippen molar-refractivity contribution in [2.24, 2.45) is 0 Å². The van der Waals surface area contributed by atoms with Crippen molar-refractivity contribution < 1.29 is 14.8 Å². The van der Waals surface area contributed by atoms with Crippen LogP contribution in [0.25, 0.3) is 6.08 Å². The third-order valence-corrected chi connectivity index (χ3v) is 3.52. The number of aromatic hydroxyl groups is 1. The van der Waals surface area contributed by atoms with Gasteiger partial charge in [-0.25, -0.2) is 0 Å². The first-order chi connectivity index (χ1) is 11.9. The van der Waals surface area contributed by atoms with Crippen LogP contribution in [0.2, 0.25) is 0 Å². The van der Waals surface area contributed by atoms with Gasteiger partial charge in [0, 0.05) is 6.07 Å². The molecule has 0 aliphatic rings. The number of nitriles is 1. The van der Waals surface area contributed by atoms with Crippen molar-refractivity contribution in [2.75, 3.05) is 0 Å². The van der Waals surface area contributed by atoms with Crippen LogP contribution in [-0.4, -0.2) is 15.9 Å². The van der Waals surface area contributed by atoms with Gasteiger partial charge in [-0.15, -0.1) is 0 Å². The monoisotopic (exact) mass is 337 g/mol. The first-order valence-corrected chi connectivity index (χ1v) is 7.37. The molecule has 0 fully saturated rings. The second kappa shape index (κ2) is 7.75. The van der Waals surface area contributed by atoms with Crippen molar-refractivity contribution in [3.8, 4) is 11.8 Å². The molecule has 0 spiro atoms. The van der Waals surface area contributed by atoms with Gasteiger partial charge in [-0.2, -0.15) is 5.26 Å². The van der Waals surface area contributed by atoms with Gasteiger partial charge in [-0.1, -0.05) is 30.3 Å². The fourth-order valence-electron chi connectivity index (χ4n) is 2.23. The minimum atomic E-state index is -0.656. The van der Waals surface area contributed by atoms with E-state index >= 15 is 0 Å². The van der Waals surface area contributed by atoms with Crippen LogP contribution in [0.3, 0.4) is 0 Å². The molecule has 0 radical (unpaired) electrons. The SMILES string of the molecule is C[C@@H](NC(=O)/C(C#N)=C\c1cc(O)ccc1[N+](=O)[O-])c1ccccc1. The average Bonchev–Trinajstić information content (AvgIpc) is 2.60.